The zero-order valence-electron chi connectivity index (χ0n) is 17.2. The second-order valence-corrected chi connectivity index (χ2v) is 7.78. The summed E-state index contributed by atoms with van der Waals surface area (Å²) in [5.41, 5.74) is 2.13. The van der Waals surface area contributed by atoms with E-state index in [0.717, 1.165) is 50.6 Å². The normalized spacial score (nSPS) is 16.4. The lowest BCUT2D eigenvalue weighted by Crippen LogP contribution is -2.53. The molecule has 1 heterocycles. The Bertz CT molecular complexity index is 789. The van der Waals surface area contributed by atoms with Crippen LogP contribution >= 0.6 is 11.6 Å². The SMILES string of the molecule is CCc1ccc(NC(=O)C(C)N2CCN(CCOc3ccccc3Cl)CC2)cc1. The molecule has 6 heteroatoms. The molecule has 1 atom stereocenters. The van der Waals surface area contributed by atoms with E-state index in [-0.39, 0.29) is 11.9 Å². The maximum absolute atomic E-state index is 12.6. The molecule has 1 saturated heterocycles. The topological polar surface area (TPSA) is 44.8 Å². The monoisotopic (exact) mass is 415 g/mol. The molecule has 2 aromatic rings. The largest absolute Gasteiger partial charge is 0.491 e. The Hall–Kier alpha value is -2.08. The van der Waals surface area contributed by atoms with Crippen LogP contribution in [0.5, 0.6) is 5.75 Å². The van der Waals surface area contributed by atoms with E-state index in [9.17, 15) is 4.79 Å². The minimum Gasteiger partial charge on any atom is -0.491 e. The number of carbonyl (C=O) groups excluding carboxylic acids is 1. The lowest BCUT2D eigenvalue weighted by atomic mass is 10.1. The van der Waals surface area contributed by atoms with Gasteiger partial charge in [0.15, 0.2) is 0 Å². The first-order valence-corrected chi connectivity index (χ1v) is 10.7. The third kappa shape index (κ3) is 6.20. The Balaban J connectivity index is 1.39. The van der Waals surface area contributed by atoms with Crippen LogP contribution in [-0.4, -0.2) is 61.1 Å². The predicted octanol–water partition coefficient (Wildman–Crippen LogP) is 3.93. The van der Waals surface area contributed by atoms with Crippen LogP contribution in [0.1, 0.15) is 19.4 Å². The number of benzene rings is 2. The molecular weight excluding hydrogens is 386 g/mol. The van der Waals surface area contributed by atoms with Gasteiger partial charge in [-0.15, -0.1) is 0 Å². The molecule has 0 saturated carbocycles. The minimum absolute atomic E-state index is 0.0461. The van der Waals surface area contributed by atoms with Crippen LogP contribution in [0.2, 0.25) is 5.02 Å². The number of para-hydroxylation sites is 1. The van der Waals surface area contributed by atoms with Gasteiger partial charge in [-0.3, -0.25) is 14.6 Å². The Labute approximate surface area is 178 Å². The number of hydrogen-bond donors (Lipinski definition) is 1. The average molecular weight is 416 g/mol. The van der Waals surface area contributed by atoms with Gasteiger partial charge in [0.2, 0.25) is 5.91 Å². The van der Waals surface area contributed by atoms with Gasteiger partial charge < -0.3 is 10.1 Å². The fourth-order valence-electron chi connectivity index (χ4n) is 3.46. The second kappa shape index (κ2) is 10.6. The fourth-order valence-corrected chi connectivity index (χ4v) is 3.65. The van der Waals surface area contributed by atoms with Crippen molar-refractivity contribution in [3.8, 4) is 5.75 Å². The quantitative estimate of drug-likeness (QED) is 0.709. The highest BCUT2D eigenvalue weighted by atomic mass is 35.5. The number of aryl methyl sites for hydroxylation is 1. The Morgan fingerprint density at radius 2 is 1.79 bits per heavy atom. The van der Waals surface area contributed by atoms with Gasteiger partial charge in [-0.2, -0.15) is 0 Å². The highest BCUT2D eigenvalue weighted by Crippen LogP contribution is 2.23. The minimum atomic E-state index is -0.151. The molecule has 1 aliphatic heterocycles. The molecule has 29 heavy (non-hydrogen) atoms. The van der Waals surface area contributed by atoms with E-state index >= 15 is 0 Å². The van der Waals surface area contributed by atoms with Crippen molar-refractivity contribution in [2.75, 3.05) is 44.6 Å². The molecule has 1 fully saturated rings. The van der Waals surface area contributed by atoms with Gasteiger partial charge in [0.05, 0.1) is 11.1 Å². The first-order valence-electron chi connectivity index (χ1n) is 10.3. The highest BCUT2D eigenvalue weighted by Gasteiger charge is 2.25. The lowest BCUT2D eigenvalue weighted by Gasteiger charge is -2.37. The van der Waals surface area contributed by atoms with Crippen molar-refractivity contribution >= 4 is 23.2 Å². The number of anilines is 1. The molecule has 1 aliphatic rings. The molecule has 2 aromatic carbocycles. The van der Waals surface area contributed by atoms with Crippen molar-refractivity contribution in [2.24, 2.45) is 0 Å². The molecule has 3 rings (SSSR count). The number of amides is 1. The summed E-state index contributed by atoms with van der Waals surface area (Å²) in [4.78, 5) is 17.2. The molecule has 0 aromatic heterocycles. The number of piperazine rings is 1. The predicted molar refractivity (Wildman–Crippen MR) is 119 cm³/mol. The summed E-state index contributed by atoms with van der Waals surface area (Å²) >= 11 is 6.12. The van der Waals surface area contributed by atoms with Crippen LogP contribution in [0.15, 0.2) is 48.5 Å². The number of nitrogens with one attached hydrogen (secondary N) is 1. The van der Waals surface area contributed by atoms with Crippen molar-refractivity contribution < 1.29 is 9.53 Å². The molecule has 5 nitrogen and oxygen atoms in total. The van der Waals surface area contributed by atoms with Gasteiger partial charge in [0, 0.05) is 38.4 Å². The van der Waals surface area contributed by atoms with E-state index < -0.39 is 0 Å². The highest BCUT2D eigenvalue weighted by molar-refractivity contribution is 6.32. The number of ether oxygens (including phenoxy) is 1. The number of carbonyl (C=O) groups is 1. The van der Waals surface area contributed by atoms with Gasteiger partial charge in [0.1, 0.15) is 12.4 Å². The van der Waals surface area contributed by atoms with Crippen molar-refractivity contribution in [2.45, 2.75) is 26.3 Å². The maximum Gasteiger partial charge on any atom is 0.241 e. The van der Waals surface area contributed by atoms with Crippen molar-refractivity contribution in [3.05, 3.63) is 59.1 Å². The molecule has 0 spiro atoms. The third-order valence-electron chi connectivity index (χ3n) is 5.47. The number of nitrogens with zero attached hydrogens (tertiary/aromatic N) is 2. The van der Waals surface area contributed by atoms with Crippen molar-refractivity contribution in [3.63, 3.8) is 0 Å². The molecule has 1 unspecified atom stereocenters. The lowest BCUT2D eigenvalue weighted by molar-refractivity contribution is -0.121. The average Bonchev–Trinajstić information content (AvgIpc) is 2.75. The number of halogens is 1. The summed E-state index contributed by atoms with van der Waals surface area (Å²) in [6.45, 7) is 9.15. The van der Waals surface area contributed by atoms with Crippen molar-refractivity contribution in [1.82, 2.24) is 9.80 Å². The van der Waals surface area contributed by atoms with Crippen LogP contribution in [0.25, 0.3) is 0 Å². The van der Waals surface area contributed by atoms with Crippen LogP contribution in [0.3, 0.4) is 0 Å². The Morgan fingerprint density at radius 1 is 1.10 bits per heavy atom. The van der Waals surface area contributed by atoms with E-state index in [1.54, 1.807) is 0 Å². The van der Waals surface area contributed by atoms with E-state index in [0.29, 0.717) is 11.6 Å². The molecule has 0 aliphatic carbocycles. The number of hydrogen-bond acceptors (Lipinski definition) is 4. The first kappa shape index (κ1) is 21.6. The standard InChI is InChI=1S/C23H30ClN3O2/c1-3-19-8-10-20(11-9-19)25-23(28)18(2)27-14-12-26(13-15-27)16-17-29-22-7-5-4-6-21(22)24/h4-11,18H,3,12-17H2,1-2H3,(H,25,28). The maximum atomic E-state index is 12.6. The van der Waals surface area contributed by atoms with E-state index in [4.69, 9.17) is 16.3 Å². The second-order valence-electron chi connectivity index (χ2n) is 7.37. The fraction of sp³-hybridized carbons (Fsp3) is 0.435. The smallest absolute Gasteiger partial charge is 0.241 e. The van der Waals surface area contributed by atoms with Crippen LogP contribution in [0, 0.1) is 0 Å². The van der Waals surface area contributed by atoms with Gasteiger partial charge in [-0.05, 0) is 43.2 Å². The molecule has 0 bridgehead atoms. The zero-order chi connectivity index (χ0) is 20.6. The Kier molecular flexibility index (Phi) is 7.92. The van der Waals surface area contributed by atoms with Gasteiger partial charge in [-0.25, -0.2) is 0 Å². The van der Waals surface area contributed by atoms with E-state index in [1.807, 2.05) is 43.3 Å². The summed E-state index contributed by atoms with van der Waals surface area (Å²) in [7, 11) is 0. The molecule has 1 N–H and O–H groups in total. The van der Waals surface area contributed by atoms with Gasteiger partial charge >= 0.3 is 0 Å². The summed E-state index contributed by atoms with van der Waals surface area (Å²) in [5.74, 6) is 0.773. The first-order chi connectivity index (χ1) is 14.1. The summed E-state index contributed by atoms with van der Waals surface area (Å²) in [5, 5.41) is 3.67. The summed E-state index contributed by atoms with van der Waals surface area (Å²) < 4.78 is 5.78. The number of rotatable bonds is 8. The van der Waals surface area contributed by atoms with Crippen LogP contribution in [0.4, 0.5) is 5.69 Å². The van der Waals surface area contributed by atoms with Crippen LogP contribution in [-0.2, 0) is 11.2 Å². The van der Waals surface area contributed by atoms with Crippen molar-refractivity contribution in [1.29, 1.82) is 0 Å². The molecular formula is C23H30ClN3O2. The van der Waals surface area contributed by atoms with E-state index in [2.05, 4.69) is 34.2 Å². The van der Waals surface area contributed by atoms with E-state index in [1.165, 1.54) is 5.56 Å². The third-order valence-corrected chi connectivity index (χ3v) is 5.78. The van der Waals surface area contributed by atoms with Gasteiger partial charge in [0.25, 0.3) is 0 Å². The zero-order valence-corrected chi connectivity index (χ0v) is 18.0. The van der Waals surface area contributed by atoms with Crippen LogP contribution < -0.4 is 10.1 Å². The van der Waals surface area contributed by atoms with Gasteiger partial charge in [-0.1, -0.05) is 42.8 Å². The summed E-state index contributed by atoms with van der Waals surface area (Å²) in [6.07, 6.45) is 0.998. The molecule has 0 radical (unpaired) electrons. The summed E-state index contributed by atoms with van der Waals surface area (Å²) in [6, 6.07) is 15.4. The molecule has 156 valence electrons. The molecule has 1 amide bonds. The Morgan fingerprint density at radius 3 is 2.45 bits per heavy atom.